The van der Waals surface area contributed by atoms with Gasteiger partial charge in [0, 0.05) is 30.4 Å². The monoisotopic (exact) mass is 353 g/mol. The number of rotatable bonds is 7. The summed E-state index contributed by atoms with van der Waals surface area (Å²) in [6.45, 7) is 3.26. The van der Waals surface area contributed by atoms with Crippen LogP contribution in [0, 0.1) is 0 Å². The second-order valence-electron chi connectivity index (χ2n) is 5.87. The Balaban J connectivity index is 2.02. The Morgan fingerprint density at radius 1 is 0.885 bits per heavy atom. The van der Waals surface area contributed by atoms with E-state index in [0.717, 1.165) is 6.42 Å². The average molecular weight is 353 g/mol. The van der Waals surface area contributed by atoms with E-state index in [1.807, 2.05) is 25.1 Å². The van der Waals surface area contributed by atoms with Gasteiger partial charge in [0.2, 0.25) is 17.7 Å². The summed E-state index contributed by atoms with van der Waals surface area (Å²) in [6, 6.07) is 15.9. The zero-order valence-corrected chi connectivity index (χ0v) is 15.0. The summed E-state index contributed by atoms with van der Waals surface area (Å²) in [5, 5.41) is 5.55. The molecule has 0 heterocycles. The summed E-state index contributed by atoms with van der Waals surface area (Å²) < 4.78 is 0. The van der Waals surface area contributed by atoms with Gasteiger partial charge in [0.1, 0.15) is 6.54 Å². The van der Waals surface area contributed by atoms with Crippen LogP contribution in [0.1, 0.15) is 26.7 Å². The van der Waals surface area contributed by atoms with E-state index >= 15 is 0 Å². The van der Waals surface area contributed by atoms with Gasteiger partial charge in [-0.3, -0.25) is 14.4 Å². The van der Waals surface area contributed by atoms with Crippen LogP contribution in [0.15, 0.2) is 54.6 Å². The van der Waals surface area contributed by atoms with Crippen LogP contribution in [-0.4, -0.2) is 24.3 Å². The smallest absolute Gasteiger partial charge is 0.244 e. The molecule has 6 heteroatoms. The van der Waals surface area contributed by atoms with Crippen molar-refractivity contribution < 1.29 is 14.4 Å². The van der Waals surface area contributed by atoms with E-state index in [1.165, 1.54) is 11.8 Å². The SMILES string of the molecule is CCCC(=O)Nc1cccc(NC(=O)CN(C(C)=O)c2ccccc2)c1. The van der Waals surface area contributed by atoms with Crippen LogP contribution < -0.4 is 15.5 Å². The molecule has 0 aliphatic rings. The van der Waals surface area contributed by atoms with Gasteiger partial charge in [-0.2, -0.15) is 0 Å². The van der Waals surface area contributed by atoms with Crippen LogP contribution >= 0.6 is 0 Å². The van der Waals surface area contributed by atoms with Gasteiger partial charge < -0.3 is 15.5 Å². The van der Waals surface area contributed by atoms with Crippen molar-refractivity contribution in [1.29, 1.82) is 0 Å². The van der Waals surface area contributed by atoms with Crippen molar-refractivity contribution in [2.75, 3.05) is 22.1 Å². The van der Waals surface area contributed by atoms with Crippen LogP contribution in [0.25, 0.3) is 0 Å². The van der Waals surface area contributed by atoms with E-state index in [1.54, 1.807) is 36.4 Å². The molecule has 2 aromatic carbocycles. The minimum absolute atomic E-state index is 0.0668. The second kappa shape index (κ2) is 9.36. The van der Waals surface area contributed by atoms with Crippen molar-refractivity contribution in [3.63, 3.8) is 0 Å². The van der Waals surface area contributed by atoms with Crippen LogP contribution in [-0.2, 0) is 14.4 Å². The molecular formula is C20H23N3O3. The summed E-state index contributed by atoms with van der Waals surface area (Å²) >= 11 is 0. The quantitative estimate of drug-likeness (QED) is 0.800. The van der Waals surface area contributed by atoms with Crippen LogP contribution in [0.2, 0.25) is 0 Å². The first kappa shape index (κ1) is 19.2. The predicted octanol–water partition coefficient (Wildman–Crippen LogP) is 3.42. The van der Waals surface area contributed by atoms with Crippen molar-refractivity contribution >= 4 is 34.8 Å². The molecule has 26 heavy (non-hydrogen) atoms. The molecule has 0 spiro atoms. The molecule has 0 aliphatic carbocycles. The lowest BCUT2D eigenvalue weighted by atomic mass is 10.2. The fourth-order valence-electron chi connectivity index (χ4n) is 2.46. The van der Waals surface area contributed by atoms with Crippen molar-refractivity contribution in [2.24, 2.45) is 0 Å². The lowest BCUT2D eigenvalue weighted by molar-refractivity contribution is -0.120. The minimum atomic E-state index is -0.318. The van der Waals surface area contributed by atoms with E-state index in [4.69, 9.17) is 0 Å². The first-order valence-corrected chi connectivity index (χ1v) is 8.52. The van der Waals surface area contributed by atoms with Crippen LogP contribution in [0.4, 0.5) is 17.1 Å². The van der Waals surface area contributed by atoms with Crippen LogP contribution in [0.3, 0.4) is 0 Å². The molecule has 2 rings (SSSR count). The molecule has 0 fully saturated rings. The van der Waals surface area contributed by atoms with E-state index in [-0.39, 0.29) is 24.3 Å². The Morgan fingerprint density at radius 2 is 1.50 bits per heavy atom. The molecule has 0 saturated carbocycles. The summed E-state index contributed by atoms with van der Waals surface area (Å²) in [7, 11) is 0. The molecule has 0 bridgehead atoms. The third kappa shape index (κ3) is 5.73. The molecule has 0 saturated heterocycles. The number of nitrogens with one attached hydrogen (secondary N) is 2. The lowest BCUT2D eigenvalue weighted by Gasteiger charge is -2.20. The summed E-state index contributed by atoms with van der Waals surface area (Å²) in [5.41, 5.74) is 1.84. The fraction of sp³-hybridized carbons (Fsp3) is 0.250. The Morgan fingerprint density at radius 3 is 2.08 bits per heavy atom. The number of benzene rings is 2. The van der Waals surface area contributed by atoms with Gasteiger partial charge in [-0.25, -0.2) is 0 Å². The molecule has 2 N–H and O–H groups in total. The highest BCUT2D eigenvalue weighted by atomic mass is 16.2. The highest BCUT2D eigenvalue weighted by molar-refractivity contribution is 6.02. The molecule has 0 aromatic heterocycles. The molecule has 0 unspecified atom stereocenters. The normalized spacial score (nSPS) is 10.1. The molecular weight excluding hydrogens is 330 g/mol. The molecule has 3 amide bonds. The van der Waals surface area contributed by atoms with Gasteiger partial charge in [0.15, 0.2) is 0 Å². The topological polar surface area (TPSA) is 78.5 Å². The molecule has 0 aliphatic heterocycles. The third-order valence-electron chi connectivity index (χ3n) is 3.66. The number of carbonyl (C=O) groups is 3. The number of nitrogens with zero attached hydrogens (tertiary/aromatic N) is 1. The summed E-state index contributed by atoms with van der Waals surface area (Å²) in [6.07, 6.45) is 1.21. The van der Waals surface area contributed by atoms with Crippen LogP contribution in [0.5, 0.6) is 0 Å². The fourth-order valence-corrected chi connectivity index (χ4v) is 2.46. The molecule has 0 atom stereocenters. The Hall–Kier alpha value is -3.15. The molecule has 0 radical (unpaired) electrons. The van der Waals surface area contributed by atoms with Crippen molar-refractivity contribution in [3.8, 4) is 0 Å². The highest BCUT2D eigenvalue weighted by Gasteiger charge is 2.15. The standard InChI is InChI=1S/C20H23N3O3/c1-3-8-19(25)21-16-9-7-10-17(13-16)22-20(26)14-23(15(2)24)18-11-5-4-6-12-18/h4-7,9-13H,3,8,14H2,1-2H3,(H,21,25)(H,22,26). The number of amides is 3. The number of hydrogen-bond donors (Lipinski definition) is 2. The van der Waals surface area contributed by atoms with Gasteiger partial charge >= 0.3 is 0 Å². The van der Waals surface area contributed by atoms with Gasteiger partial charge in [0.25, 0.3) is 0 Å². The lowest BCUT2D eigenvalue weighted by Crippen LogP contribution is -2.36. The van der Waals surface area contributed by atoms with Crippen molar-refractivity contribution in [2.45, 2.75) is 26.7 Å². The molecule has 6 nitrogen and oxygen atoms in total. The highest BCUT2D eigenvalue weighted by Crippen LogP contribution is 2.17. The van der Waals surface area contributed by atoms with Crippen molar-refractivity contribution in [3.05, 3.63) is 54.6 Å². The number of hydrogen-bond acceptors (Lipinski definition) is 3. The van der Waals surface area contributed by atoms with E-state index in [9.17, 15) is 14.4 Å². The summed E-state index contributed by atoms with van der Waals surface area (Å²) in [4.78, 5) is 37.3. The Labute approximate surface area is 153 Å². The number of anilines is 3. The minimum Gasteiger partial charge on any atom is -0.326 e. The average Bonchev–Trinajstić information content (AvgIpc) is 2.60. The first-order valence-electron chi connectivity index (χ1n) is 8.52. The van der Waals surface area contributed by atoms with E-state index in [0.29, 0.717) is 23.5 Å². The van der Waals surface area contributed by atoms with Gasteiger partial charge in [-0.05, 0) is 36.8 Å². The maximum absolute atomic E-state index is 12.3. The Kier molecular flexibility index (Phi) is 6.91. The molecule has 2 aromatic rings. The third-order valence-corrected chi connectivity index (χ3v) is 3.66. The number of carbonyl (C=O) groups excluding carboxylic acids is 3. The molecule has 136 valence electrons. The van der Waals surface area contributed by atoms with Gasteiger partial charge in [0.05, 0.1) is 0 Å². The predicted molar refractivity (Wildman–Crippen MR) is 103 cm³/mol. The first-order chi connectivity index (χ1) is 12.5. The van der Waals surface area contributed by atoms with E-state index in [2.05, 4.69) is 10.6 Å². The zero-order valence-electron chi connectivity index (χ0n) is 15.0. The zero-order chi connectivity index (χ0) is 18.9. The maximum atomic E-state index is 12.3. The maximum Gasteiger partial charge on any atom is 0.244 e. The van der Waals surface area contributed by atoms with Crippen molar-refractivity contribution in [1.82, 2.24) is 0 Å². The second-order valence-corrected chi connectivity index (χ2v) is 5.87. The van der Waals surface area contributed by atoms with Gasteiger partial charge in [-0.15, -0.1) is 0 Å². The Bertz CT molecular complexity index is 775. The summed E-state index contributed by atoms with van der Waals surface area (Å²) in [5.74, 6) is -0.601. The van der Waals surface area contributed by atoms with Gasteiger partial charge in [-0.1, -0.05) is 31.2 Å². The van der Waals surface area contributed by atoms with E-state index < -0.39 is 0 Å². The number of para-hydroxylation sites is 1. The largest absolute Gasteiger partial charge is 0.326 e.